The Kier molecular flexibility index (Phi) is 5.87. The molecule has 0 bridgehead atoms. The van der Waals surface area contributed by atoms with Gasteiger partial charge in [-0.3, -0.25) is 19.3 Å². The molecule has 2 N–H and O–H groups in total. The molecule has 0 spiro atoms. The molecule has 10 nitrogen and oxygen atoms in total. The van der Waals surface area contributed by atoms with Crippen LogP contribution in [0.1, 0.15) is 54.8 Å². The van der Waals surface area contributed by atoms with Crippen molar-refractivity contribution in [3.63, 3.8) is 0 Å². The van der Waals surface area contributed by atoms with Crippen molar-refractivity contribution in [3.8, 4) is 0 Å². The van der Waals surface area contributed by atoms with E-state index in [1.165, 1.54) is 16.8 Å². The largest absolute Gasteiger partial charge is 0.448 e. The summed E-state index contributed by atoms with van der Waals surface area (Å²) in [7, 11) is 0. The summed E-state index contributed by atoms with van der Waals surface area (Å²) in [5, 5.41) is 10.2. The Morgan fingerprint density at radius 3 is 2.60 bits per heavy atom. The molecule has 0 atom stereocenters. The summed E-state index contributed by atoms with van der Waals surface area (Å²) in [6.07, 6.45) is -0.0715. The Morgan fingerprint density at radius 1 is 1.09 bits per heavy atom. The molecular formula is C25H23N5O5. The van der Waals surface area contributed by atoms with Crippen molar-refractivity contribution in [2.24, 2.45) is 0 Å². The number of fused-ring (bicyclic) bond motifs is 2. The number of hydrogen-bond acceptors (Lipinski definition) is 7. The minimum atomic E-state index is -0.617. The molecule has 2 aliphatic rings. The Hall–Kier alpha value is -4.31. The molecular weight excluding hydrogens is 450 g/mol. The minimum Gasteiger partial charge on any atom is -0.448 e. The molecule has 3 heterocycles. The van der Waals surface area contributed by atoms with Gasteiger partial charge < -0.3 is 15.4 Å². The van der Waals surface area contributed by atoms with E-state index in [0.717, 1.165) is 10.5 Å². The maximum Gasteiger partial charge on any atom is 0.434 e. The second kappa shape index (κ2) is 9.15. The van der Waals surface area contributed by atoms with Gasteiger partial charge in [0.25, 0.3) is 17.7 Å². The molecule has 0 fully saturated rings. The summed E-state index contributed by atoms with van der Waals surface area (Å²) in [6.45, 7) is 3.13. The van der Waals surface area contributed by atoms with Crippen molar-refractivity contribution < 1.29 is 23.9 Å². The van der Waals surface area contributed by atoms with E-state index in [0.29, 0.717) is 36.3 Å². The van der Waals surface area contributed by atoms with Gasteiger partial charge in [0.1, 0.15) is 0 Å². The van der Waals surface area contributed by atoms with Crippen LogP contribution in [0.15, 0.2) is 48.5 Å². The van der Waals surface area contributed by atoms with Crippen LogP contribution in [0.5, 0.6) is 0 Å². The molecule has 10 heteroatoms. The predicted octanol–water partition coefficient (Wildman–Crippen LogP) is 2.58. The molecule has 2 aromatic carbocycles. The van der Waals surface area contributed by atoms with Gasteiger partial charge >= 0.3 is 6.09 Å². The molecule has 0 aliphatic carbocycles. The third-order valence-electron chi connectivity index (χ3n) is 6.07. The average molecular weight is 473 g/mol. The van der Waals surface area contributed by atoms with Gasteiger partial charge in [-0.15, -0.1) is 5.10 Å². The van der Waals surface area contributed by atoms with Gasteiger partial charge in [-0.25, -0.2) is 4.79 Å². The highest BCUT2D eigenvalue weighted by Gasteiger charge is 2.34. The van der Waals surface area contributed by atoms with E-state index in [1.54, 1.807) is 37.3 Å². The monoisotopic (exact) mass is 473 g/mol. The number of carbonyl (C=O) groups excluding carboxylic acids is 4. The highest BCUT2D eigenvalue weighted by atomic mass is 16.6. The standard InChI is InChI=1S/C25H23N5O5/c1-2-35-25(34)30-20-11-12-26-13-19(20)21(28-30)27-22(31)17-9-5-6-10-18(17)24(33)29-14-15-7-3-4-8-16(15)23(29)32/h3-10,26H,2,11-14H2,1H3,(H,27,28,31). The number of rotatable bonds is 4. The van der Waals surface area contributed by atoms with E-state index in [9.17, 15) is 19.2 Å². The number of benzene rings is 2. The van der Waals surface area contributed by atoms with Crippen molar-refractivity contribution in [1.82, 2.24) is 20.0 Å². The maximum atomic E-state index is 13.3. The van der Waals surface area contributed by atoms with E-state index in [-0.39, 0.29) is 30.1 Å². The Balaban J connectivity index is 1.43. The highest BCUT2D eigenvalue weighted by Crippen LogP contribution is 2.27. The van der Waals surface area contributed by atoms with Crippen LogP contribution < -0.4 is 10.6 Å². The fraction of sp³-hybridized carbons (Fsp3) is 0.240. The first-order valence-corrected chi connectivity index (χ1v) is 11.3. The van der Waals surface area contributed by atoms with Gasteiger partial charge in [0, 0.05) is 30.6 Å². The second-order valence-electron chi connectivity index (χ2n) is 8.16. The summed E-state index contributed by atoms with van der Waals surface area (Å²) in [6, 6.07) is 13.4. The van der Waals surface area contributed by atoms with Crippen LogP contribution in [-0.2, 0) is 24.2 Å². The fourth-order valence-corrected chi connectivity index (χ4v) is 4.39. The SMILES string of the molecule is CCOC(=O)n1nc(NC(=O)c2ccccc2C(=O)N2Cc3ccccc3C2=O)c2c1CCNC2. The lowest BCUT2D eigenvalue weighted by Gasteiger charge is -2.17. The van der Waals surface area contributed by atoms with Crippen LogP contribution >= 0.6 is 0 Å². The summed E-state index contributed by atoms with van der Waals surface area (Å²) in [5.74, 6) is -1.30. The number of nitrogens with one attached hydrogen (secondary N) is 2. The number of imide groups is 1. The molecule has 3 amide bonds. The van der Waals surface area contributed by atoms with E-state index in [4.69, 9.17) is 4.74 Å². The van der Waals surface area contributed by atoms with Crippen molar-refractivity contribution in [2.45, 2.75) is 26.4 Å². The van der Waals surface area contributed by atoms with Gasteiger partial charge in [-0.2, -0.15) is 4.68 Å². The number of ether oxygens (including phenoxy) is 1. The van der Waals surface area contributed by atoms with Gasteiger partial charge in [0.05, 0.1) is 30.0 Å². The summed E-state index contributed by atoms with van der Waals surface area (Å²) >= 11 is 0. The quantitative estimate of drug-likeness (QED) is 0.559. The number of amides is 3. The maximum absolute atomic E-state index is 13.3. The van der Waals surface area contributed by atoms with Gasteiger partial charge in [0.15, 0.2) is 5.82 Å². The van der Waals surface area contributed by atoms with Crippen molar-refractivity contribution in [3.05, 3.63) is 82.0 Å². The molecule has 35 heavy (non-hydrogen) atoms. The molecule has 0 saturated heterocycles. The van der Waals surface area contributed by atoms with E-state index >= 15 is 0 Å². The van der Waals surface area contributed by atoms with Crippen molar-refractivity contribution in [2.75, 3.05) is 18.5 Å². The molecule has 2 aliphatic heterocycles. The summed E-state index contributed by atoms with van der Waals surface area (Å²) in [5.41, 5.74) is 2.80. The minimum absolute atomic E-state index is 0.1000. The van der Waals surface area contributed by atoms with Gasteiger partial charge in [-0.1, -0.05) is 30.3 Å². The van der Waals surface area contributed by atoms with Crippen molar-refractivity contribution >= 4 is 29.6 Å². The van der Waals surface area contributed by atoms with Crippen LogP contribution in [0.4, 0.5) is 10.6 Å². The van der Waals surface area contributed by atoms with Crippen LogP contribution in [0.2, 0.25) is 0 Å². The Labute approximate surface area is 200 Å². The lowest BCUT2D eigenvalue weighted by atomic mass is 10.0. The molecule has 5 rings (SSSR count). The van der Waals surface area contributed by atoms with Gasteiger partial charge in [-0.05, 0) is 30.7 Å². The van der Waals surface area contributed by atoms with Crippen molar-refractivity contribution in [1.29, 1.82) is 0 Å². The van der Waals surface area contributed by atoms with E-state index in [1.807, 2.05) is 6.07 Å². The highest BCUT2D eigenvalue weighted by molar-refractivity contribution is 6.17. The zero-order valence-electron chi connectivity index (χ0n) is 19.0. The van der Waals surface area contributed by atoms with Crippen LogP contribution in [0.25, 0.3) is 0 Å². The molecule has 0 saturated carbocycles. The number of aromatic nitrogens is 2. The topological polar surface area (TPSA) is 123 Å². The van der Waals surface area contributed by atoms with Crippen LogP contribution in [0, 0.1) is 0 Å². The lowest BCUT2D eigenvalue weighted by Crippen LogP contribution is -2.33. The first kappa shape index (κ1) is 22.5. The number of nitrogens with zero attached hydrogens (tertiary/aromatic N) is 3. The summed E-state index contributed by atoms with van der Waals surface area (Å²) < 4.78 is 6.26. The number of hydrogen-bond donors (Lipinski definition) is 2. The molecule has 1 aromatic heterocycles. The van der Waals surface area contributed by atoms with Crippen LogP contribution in [-0.4, -0.2) is 51.6 Å². The summed E-state index contributed by atoms with van der Waals surface area (Å²) in [4.78, 5) is 52.9. The average Bonchev–Trinajstić information content (AvgIpc) is 3.42. The number of anilines is 1. The fourth-order valence-electron chi connectivity index (χ4n) is 4.39. The van der Waals surface area contributed by atoms with E-state index in [2.05, 4.69) is 15.7 Å². The zero-order valence-corrected chi connectivity index (χ0v) is 19.0. The van der Waals surface area contributed by atoms with E-state index < -0.39 is 23.8 Å². The molecule has 0 radical (unpaired) electrons. The zero-order chi connectivity index (χ0) is 24.5. The smallest absolute Gasteiger partial charge is 0.434 e. The third kappa shape index (κ3) is 3.97. The normalized spacial score (nSPS) is 14.3. The first-order chi connectivity index (χ1) is 17.0. The molecule has 0 unspecified atom stereocenters. The Morgan fingerprint density at radius 2 is 1.83 bits per heavy atom. The Bertz CT molecular complexity index is 1360. The molecule has 178 valence electrons. The predicted molar refractivity (Wildman–Crippen MR) is 125 cm³/mol. The van der Waals surface area contributed by atoms with Crippen LogP contribution in [0.3, 0.4) is 0 Å². The van der Waals surface area contributed by atoms with Gasteiger partial charge in [0.2, 0.25) is 0 Å². The third-order valence-corrected chi connectivity index (χ3v) is 6.07. The second-order valence-corrected chi connectivity index (χ2v) is 8.16. The first-order valence-electron chi connectivity index (χ1n) is 11.3. The number of carbonyl (C=O) groups is 4. The molecule has 3 aromatic rings. The lowest BCUT2D eigenvalue weighted by molar-refractivity contribution is 0.0628.